The SMILES string of the molecule is CCON=C(C(=O)NC1C(=O)N2C(C(=O)O)=C(C[n+]3ccccc3)CS[C@@H]12)c1nc(N)sc1Cl. The Morgan fingerprint density at radius 3 is 2.76 bits per heavy atom. The number of pyridine rings is 1. The van der Waals surface area contributed by atoms with Crippen molar-refractivity contribution >= 4 is 63.3 Å². The standard InChI is InChI=1S/C20H19ClN6O5S2/c1-2-32-25-12(11-15(21)34-20(22)24-11)16(28)23-13-17(29)27-14(19(30)31)10(9-33-18(13)27)8-26-6-4-3-5-7-26/h3-7,13,18H,2,8-9H2,1H3,(H3-,22,23,24,28,30,31)/p+1/t13?,18-/m0/s1. The summed E-state index contributed by atoms with van der Waals surface area (Å²) in [7, 11) is 0. The summed E-state index contributed by atoms with van der Waals surface area (Å²) < 4.78 is 1.99. The van der Waals surface area contributed by atoms with Crippen molar-refractivity contribution in [3.63, 3.8) is 0 Å². The number of carboxylic acids is 1. The number of thiazole rings is 1. The maximum Gasteiger partial charge on any atom is 0.352 e. The molecule has 0 bridgehead atoms. The summed E-state index contributed by atoms with van der Waals surface area (Å²) in [5, 5.41) is 15.8. The number of nitrogens with two attached hydrogens (primary N) is 1. The zero-order valence-electron chi connectivity index (χ0n) is 17.8. The third-order valence-electron chi connectivity index (χ3n) is 5.01. The van der Waals surface area contributed by atoms with Gasteiger partial charge in [-0.05, 0) is 6.92 Å². The highest BCUT2D eigenvalue weighted by molar-refractivity contribution is 8.00. The molecule has 0 aromatic carbocycles. The minimum atomic E-state index is -1.20. The number of aliphatic carboxylic acids is 1. The van der Waals surface area contributed by atoms with Crippen molar-refractivity contribution in [3.8, 4) is 0 Å². The van der Waals surface area contributed by atoms with Gasteiger partial charge in [-0.3, -0.25) is 14.5 Å². The van der Waals surface area contributed by atoms with Crippen molar-refractivity contribution < 1.29 is 28.9 Å². The van der Waals surface area contributed by atoms with Crippen LogP contribution in [0.5, 0.6) is 0 Å². The lowest BCUT2D eigenvalue weighted by atomic mass is 10.0. The predicted octanol–water partition coefficient (Wildman–Crippen LogP) is 0.846. The van der Waals surface area contributed by atoms with Gasteiger partial charge in [0.2, 0.25) is 0 Å². The molecule has 4 heterocycles. The fourth-order valence-electron chi connectivity index (χ4n) is 3.56. The second-order valence-electron chi connectivity index (χ2n) is 7.20. The normalized spacial score (nSPS) is 20.0. The molecule has 0 spiro atoms. The Morgan fingerprint density at radius 2 is 2.15 bits per heavy atom. The Labute approximate surface area is 207 Å². The monoisotopic (exact) mass is 523 g/mol. The summed E-state index contributed by atoms with van der Waals surface area (Å²) in [5.41, 5.74) is 6.04. The minimum Gasteiger partial charge on any atom is -0.477 e. The molecular formula is C20H20ClN6O5S2+. The first-order valence-electron chi connectivity index (χ1n) is 10.1. The van der Waals surface area contributed by atoms with Crippen molar-refractivity contribution in [2.24, 2.45) is 5.16 Å². The largest absolute Gasteiger partial charge is 0.477 e. The summed E-state index contributed by atoms with van der Waals surface area (Å²) in [6, 6.07) is 4.59. The lowest BCUT2D eigenvalue weighted by Gasteiger charge is -2.49. The van der Waals surface area contributed by atoms with Crippen LogP contribution in [0.4, 0.5) is 5.13 Å². The van der Waals surface area contributed by atoms with Gasteiger partial charge in [-0.2, -0.15) is 0 Å². The average Bonchev–Trinajstić information content (AvgIpc) is 3.15. The zero-order chi connectivity index (χ0) is 24.4. The van der Waals surface area contributed by atoms with E-state index in [1.807, 2.05) is 35.2 Å². The lowest BCUT2D eigenvalue weighted by molar-refractivity contribution is -0.689. The number of oxime groups is 1. The van der Waals surface area contributed by atoms with E-state index in [-0.39, 0.29) is 33.2 Å². The van der Waals surface area contributed by atoms with Gasteiger partial charge in [-0.1, -0.05) is 34.2 Å². The van der Waals surface area contributed by atoms with E-state index in [0.29, 0.717) is 17.9 Å². The fourth-order valence-corrected chi connectivity index (χ4v) is 5.82. The molecule has 2 aromatic rings. The number of β-lactam (4-membered cyclic amide) rings is 1. The molecule has 178 valence electrons. The summed E-state index contributed by atoms with van der Waals surface area (Å²) in [6.07, 6.45) is 3.64. The van der Waals surface area contributed by atoms with Gasteiger partial charge in [0.1, 0.15) is 33.7 Å². The molecule has 1 unspecified atom stereocenters. The van der Waals surface area contributed by atoms with Gasteiger partial charge in [0.05, 0.1) is 0 Å². The topological polar surface area (TPSA) is 151 Å². The number of thioether (sulfide) groups is 1. The zero-order valence-corrected chi connectivity index (χ0v) is 20.2. The summed E-state index contributed by atoms with van der Waals surface area (Å²) in [5.74, 6) is -2.07. The van der Waals surface area contributed by atoms with E-state index in [4.69, 9.17) is 22.2 Å². The third-order valence-corrected chi connectivity index (χ3v) is 7.44. The van der Waals surface area contributed by atoms with Gasteiger partial charge < -0.3 is 21.0 Å². The van der Waals surface area contributed by atoms with E-state index < -0.39 is 29.2 Å². The van der Waals surface area contributed by atoms with Gasteiger partial charge in [-0.15, -0.1) is 11.8 Å². The molecule has 2 aliphatic heterocycles. The maximum atomic E-state index is 13.0. The Hall–Kier alpha value is -3.16. The number of rotatable bonds is 8. The number of carbonyl (C=O) groups is 3. The number of carbonyl (C=O) groups excluding carboxylic acids is 2. The van der Waals surface area contributed by atoms with Crippen LogP contribution in [0.25, 0.3) is 0 Å². The molecule has 2 amide bonds. The number of nitrogens with one attached hydrogen (secondary N) is 1. The van der Waals surface area contributed by atoms with Crippen LogP contribution in [0.1, 0.15) is 12.6 Å². The molecule has 4 N–H and O–H groups in total. The minimum absolute atomic E-state index is 0.0448. The van der Waals surface area contributed by atoms with Gasteiger partial charge in [-0.25, -0.2) is 14.3 Å². The molecule has 0 saturated carbocycles. The van der Waals surface area contributed by atoms with Crippen LogP contribution >= 0.6 is 34.7 Å². The molecule has 2 aromatic heterocycles. The average molecular weight is 524 g/mol. The molecule has 11 nitrogen and oxygen atoms in total. The van der Waals surface area contributed by atoms with Crippen LogP contribution < -0.4 is 15.6 Å². The second kappa shape index (κ2) is 9.99. The van der Waals surface area contributed by atoms with Crippen LogP contribution in [-0.2, 0) is 25.8 Å². The molecule has 14 heteroatoms. The number of hydrogen-bond donors (Lipinski definition) is 3. The highest BCUT2D eigenvalue weighted by atomic mass is 35.5. The number of amides is 2. The number of aromatic nitrogens is 2. The van der Waals surface area contributed by atoms with Crippen molar-refractivity contribution in [1.82, 2.24) is 15.2 Å². The molecule has 34 heavy (non-hydrogen) atoms. The van der Waals surface area contributed by atoms with Crippen LogP contribution in [0.3, 0.4) is 0 Å². The number of nitrogen functional groups attached to an aromatic ring is 1. The number of carboxylic acid groups (broad SMARTS) is 1. The molecule has 4 rings (SSSR count). The Kier molecular flexibility index (Phi) is 7.05. The molecule has 1 fully saturated rings. The predicted molar refractivity (Wildman–Crippen MR) is 126 cm³/mol. The molecule has 1 saturated heterocycles. The molecule has 2 atom stereocenters. The van der Waals surface area contributed by atoms with E-state index in [1.54, 1.807) is 6.92 Å². The van der Waals surface area contributed by atoms with Crippen LogP contribution in [0, 0.1) is 0 Å². The number of halogens is 1. The quantitative estimate of drug-likeness (QED) is 0.199. The van der Waals surface area contributed by atoms with E-state index in [9.17, 15) is 19.5 Å². The van der Waals surface area contributed by atoms with Gasteiger partial charge >= 0.3 is 5.97 Å². The number of nitrogens with zero attached hydrogens (tertiary/aromatic N) is 4. The van der Waals surface area contributed by atoms with Gasteiger partial charge in [0.15, 0.2) is 29.8 Å². The lowest BCUT2D eigenvalue weighted by Crippen LogP contribution is -2.71. The Morgan fingerprint density at radius 1 is 1.41 bits per heavy atom. The van der Waals surface area contributed by atoms with Gasteiger partial charge in [0, 0.05) is 23.5 Å². The van der Waals surface area contributed by atoms with Crippen molar-refractivity contribution in [1.29, 1.82) is 0 Å². The van der Waals surface area contributed by atoms with Crippen LogP contribution in [0.2, 0.25) is 4.34 Å². The fraction of sp³-hybridized carbons (Fsp3) is 0.300. The summed E-state index contributed by atoms with van der Waals surface area (Å²) >= 11 is 8.48. The first kappa shape index (κ1) is 24.0. The second-order valence-corrected chi connectivity index (χ2v) is 9.94. The van der Waals surface area contributed by atoms with E-state index >= 15 is 0 Å². The van der Waals surface area contributed by atoms with Crippen LogP contribution in [0.15, 0.2) is 47.0 Å². The molecule has 2 aliphatic rings. The van der Waals surface area contributed by atoms with E-state index in [2.05, 4.69) is 15.5 Å². The number of fused-ring (bicyclic) bond motifs is 1. The molecule has 0 radical (unpaired) electrons. The summed E-state index contributed by atoms with van der Waals surface area (Å²) in [4.78, 5) is 48.2. The number of anilines is 1. The first-order valence-corrected chi connectivity index (χ1v) is 12.3. The highest BCUT2D eigenvalue weighted by Crippen LogP contribution is 2.40. The highest BCUT2D eigenvalue weighted by Gasteiger charge is 2.54. The van der Waals surface area contributed by atoms with Crippen LogP contribution in [-0.4, -0.2) is 62.3 Å². The maximum absolute atomic E-state index is 13.0. The van der Waals surface area contributed by atoms with Crippen molar-refractivity contribution in [3.05, 3.63) is 51.9 Å². The molecular weight excluding hydrogens is 504 g/mol. The smallest absolute Gasteiger partial charge is 0.352 e. The Balaban J connectivity index is 1.55. The first-order chi connectivity index (χ1) is 16.3. The Bertz CT molecular complexity index is 1200. The summed E-state index contributed by atoms with van der Waals surface area (Å²) in [6.45, 7) is 2.21. The van der Waals surface area contributed by atoms with E-state index in [0.717, 1.165) is 11.3 Å². The van der Waals surface area contributed by atoms with E-state index in [1.165, 1.54) is 16.7 Å². The number of hydrogen-bond acceptors (Lipinski definition) is 9. The van der Waals surface area contributed by atoms with Crippen molar-refractivity contribution in [2.45, 2.75) is 24.9 Å². The third kappa shape index (κ3) is 4.58. The van der Waals surface area contributed by atoms with Crippen molar-refractivity contribution in [2.75, 3.05) is 18.1 Å². The van der Waals surface area contributed by atoms with Gasteiger partial charge in [0.25, 0.3) is 11.8 Å². The molecule has 0 aliphatic carbocycles.